The van der Waals surface area contributed by atoms with Crippen molar-refractivity contribution in [1.29, 1.82) is 0 Å². The maximum Gasteiger partial charge on any atom is 0.0601 e. The average Bonchev–Trinajstić information content (AvgIpc) is 2.07. The smallest absolute Gasteiger partial charge is 0.0601 e. The maximum atomic E-state index is 5.67. The van der Waals surface area contributed by atoms with Gasteiger partial charge in [-0.25, -0.2) is 0 Å². The van der Waals surface area contributed by atoms with Crippen LogP contribution in [0.1, 0.15) is 39.0 Å². The second kappa shape index (κ2) is 6.38. The number of ether oxygens (including phenoxy) is 1. The summed E-state index contributed by atoms with van der Waals surface area (Å²) in [5, 5.41) is 3.54. The standard InChI is InChI=1S/C11H24N2O/c1-9(12)5-3-4-6-13-10-7-11(8-10)14-2/h9-11,13H,3-8,12H2,1-2H3. The van der Waals surface area contributed by atoms with Gasteiger partial charge < -0.3 is 15.8 Å². The first-order valence-corrected chi connectivity index (χ1v) is 5.74. The largest absolute Gasteiger partial charge is 0.381 e. The molecule has 1 aliphatic carbocycles. The van der Waals surface area contributed by atoms with E-state index in [4.69, 9.17) is 10.5 Å². The highest BCUT2D eigenvalue weighted by atomic mass is 16.5. The van der Waals surface area contributed by atoms with Crippen LogP contribution in [0.2, 0.25) is 0 Å². The van der Waals surface area contributed by atoms with Gasteiger partial charge in [0.2, 0.25) is 0 Å². The summed E-state index contributed by atoms with van der Waals surface area (Å²) in [5.74, 6) is 0. The molecule has 84 valence electrons. The van der Waals surface area contributed by atoms with Gasteiger partial charge in [-0.2, -0.15) is 0 Å². The molecule has 3 N–H and O–H groups in total. The van der Waals surface area contributed by atoms with Gasteiger partial charge in [-0.3, -0.25) is 0 Å². The lowest BCUT2D eigenvalue weighted by atomic mass is 9.89. The van der Waals surface area contributed by atoms with Gasteiger partial charge in [-0.1, -0.05) is 6.42 Å². The maximum absolute atomic E-state index is 5.67. The number of hydrogen-bond acceptors (Lipinski definition) is 3. The minimum Gasteiger partial charge on any atom is -0.381 e. The molecule has 0 aromatic rings. The molecule has 0 aromatic carbocycles. The molecule has 1 rings (SSSR count). The fraction of sp³-hybridized carbons (Fsp3) is 1.00. The van der Waals surface area contributed by atoms with Crippen LogP contribution in [0.15, 0.2) is 0 Å². The molecule has 0 amide bonds. The van der Waals surface area contributed by atoms with Crippen molar-refractivity contribution in [2.75, 3.05) is 13.7 Å². The number of unbranched alkanes of at least 4 members (excludes halogenated alkanes) is 1. The zero-order valence-corrected chi connectivity index (χ0v) is 9.46. The van der Waals surface area contributed by atoms with Crippen LogP contribution >= 0.6 is 0 Å². The fourth-order valence-corrected chi connectivity index (χ4v) is 1.82. The first-order chi connectivity index (χ1) is 6.72. The van der Waals surface area contributed by atoms with Gasteiger partial charge >= 0.3 is 0 Å². The Hall–Kier alpha value is -0.120. The Morgan fingerprint density at radius 1 is 1.43 bits per heavy atom. The first-order valence-electron chi connectivity index (χ1n) is 5.74. The van der Waals surface area contributed by atoms with E-state index in [1.807, 2.05) is 0 Å². The summed E-state index contributed by atoms with van der Waals surface area (Å²) < 4.78 is 5.22. The molecule has 3 nitrogen and oxygen atoms in total. The molecular weight excluding hydrogens is 176 g/mol. The molecule has 1 fully saturated rings. The van der Waals surface area contributed by atoms with E-state index in [1.165, 1.54) is 25.7 Å². The second-order valence-electron chi connectivity index (χ2n) is 4.45. The molecule has 0 radical (unpaired) electrons. The van der Waals surface area contributed by atoms with E-state index in [1.54, 1.807) is 7.11 Å². The molecule has 3 heteroatoms. The molecule has 0 saturated heterocycles. The van der Waals surface area contributed by atoms with Gasteiger partial charge in [-0.15, -0.1) is 0 Å². The molecule has 0 aromatic heterocycles. The van der Waals surface area contributed by atoms with Gasteiger partial charge in [0, 0.05) is 19.2 Å². The van der Waals surface area contributed by atoms with Gasteiger partial charge in [0.25, 0.3) is 0 Å². The number of nitrogens with one attached hydrogen (secondary N) is 1. The molecule has 0 heterocycles. The van der Waals surface area contributed by atoms with Crippen molar-refractivity contribution in [3.05, 3.63) is 0 Å². The third-order valence-electron chi connectivity index (χ3n) is 2.95. The number of hydrogen-bond donors (Lipinski definition) is 2. The predicted molar refractivity (Wildman–Crippen MR) is 59.3 cm³/mol. The zero-order chi connectivity index (χ0) is 10.4. The molecule has 14 heavy (non-hydrogen) atoms. The summed E-state index contributed by atoms with van der Waals surface area (Å²) >= 11 is 0. The Morgan fingerprint density at radius 3 is 2.71 bits per heavy atom. The Labute approximate surface area is 87.4 Å². The van der Waals surface area contributed by atoms with Gasteiger partial charge in [0.05, 0.1) is 6.10 Å². The van der Waals surface area contributed by atoms with Crippen molar-refractivity contribution < 1.29 is 4.74 Å². The summed E-state index contributed by atoms with van der Waals surface area (Å²) in [4.78, 5) is 0. The number of nitrogens with two attached hydrogens (primary N) is 1. The highest BCUT2D eigenvalue weighted by molar-refractivity contribution is 4.85. The van der Waals surface area contributed by atoms with Crippen molar-refractivity contribution in [3.63, 3.8) is 0 Å². The Bertz CT molecular complexity index is 144. The molecule has 0 aliphatic heterocycles. The van der Waals surface area contributed by atoms with Crippen LogP contribution in [0.25, 0.3) is 0 Å². The van der Waals surface area contributed by atoms with Crippen LogP contribution in [-0.2, 0) is 4.74 Å². The Morgan fingerprint density at radius 2 is 2.14 bits per heavy atom. The summed E-state index contributed by atoms with van der Waals surface area (Å²) in [5.41, 5.74) is 5.67. The van der Waals surface area contributed by atoms with E-state index in [9.17, 15) is 0 Å². The van der Waals surface area contributed by atoms with Crippen LogP contribution in [0.4, 0.5) is 0 Å². The summed E-state index contributed by atoms with van der Waals surface area (Å²) in [6, 6.07) is 1.06. The van der Waals surface area contributed by atoms with E-state index in [0.29, 0.717) is 18.2 Å². The molecule has 1 unspecified atom stereocenters. The van der Waals surface area contributed by atoms with Crippen LogP contribution in [0, 0.1) is 0 Å². The van der Waals surface area contributed by atoms with E-state index < -0.39 is 0 Å². The van der Waals surface area contributed by atoms with Crippen molar-refractivity contribution in [2.24, 2.45) is 5.73 Å². The average molecular weight is 200 g/mol. The summed E-state index contributed by atoms with van der Waals surface area (Å²) in [6.45, 7) is 3.20. The lowest BCUT2D eigenvalue weighted by Gasteiger charge is -2.34. The highest BCUT2D eigenvalue weighted by Crippen LogP contribution is 2.22. The van der Waals surface area contributed by atoms with Crippen LogP contribution in [0.5, 0.6) is 0 Å². The lowest BCUT2D eigenvalue weighted by molar-refractivity contribution is 0.0175. The summed E-state index contributed by atoms with van der Waals surface area (Å²) in [6.07, 6.45) is 6.51. The molecule has 1 atom stereocenters. The Balaban J connectivity index is 1.81. The molecule has 1 saturated carbocycles. The zero-order valence-electron chi connectivity index (χ0n) is 9.46. The number of methoxy groups -OCH3 is 1. The van der Waals surface area contributed by atoms with E-state index in [2.05, 4.69) is 12.2 Å². The number of rotatable bonds is 7. The monoisotopic (exact) mass is 200 g/mol. The van der Waals surface area contributed by atoms with Gasteiger partial charge in [0.1, 0.15) is 0 Å². The predicted octanol–water partition coefficient (Wildman–Crippen LogP) is 1.27. The van der Waals surface area contributed by atoms with Gasteiger partial charge in [0.15, 0.2) is 0 Å². The van der Waals surface area contributed by atoms with E-state index >= 15 is 0 Å². The topological polar surface area (TPSA) is 47.3 Å². The molecule has 0 bridgehead atoms. The van der Waals surface area contributed by atoms with Crippen molar-refractivity contribution in [2.45, 2.75) is 57.2 Å². The summed E-state index contributed by atoms with van der Waals surface area (Å²) in [7, 11) is 1.80. The second-order valence-corrected chi connectivity index (χ2v) is 4.45. The SMILES string of the molecule is COC1CC(NCCCCC(C)N)C1. The van der Waals surface area contributed by atoms with Crippen molar-refractivity contribution in [1.82, 2.24) is 5.32 Å². The van der Waals surface area contributed by atoms with Crippen molar-refractivity contribution >= 4 is 0 Å². The molecule has 0 spiro atoms. The van der Waals surface area contributed by atoms with Crippen LogP contribution < -0.4 is 11.1 Å². The molecular formula is C11H24N2O. The Kier molecular flexibility index (Phi) is 5.45. The first kappa shape index (κ1) is 12.0. The third kappa shape index (κ3) is 4.40. The fourth-order valence-electron chi connectivity index (χ4n) is 1.82. The van der Waals surface area contributed by atoms with E-state index in [0.717, 1.165) is 13.0 Å². The van der Waals surface area contributed by atoms with Crippen molar-refractivity contribution in [3.8, 4) is 0 Å². The third-order valence-corrected chi connectivity index (χ3v) is 2.95. The van der Waals surface area contributed by atoms with Crippen LogP contribution in [0.3, 0.4) is 0 Å². The minimum atomic E-state index is 0.358. The molecule has 1 aliphatic rings. The minimum absolute atomic E-state index is 0.358. The quantitative estimate of drug-likeness (QED) is 0.608. The highest BCUT2D eigenvalue weighted by Gasteiger charge is 2.27. The van der Waals surface area contributed by atoms with Gasteiger partial charge in [-0.05, 0) is 39.2 Å². The lowest BCUT2D eigenvalue weighted by Crippen LogP contribution is -2.45. The van der Waals surface area contributed by atoms with Crippen LogP contribution in [-0.4, -0.2) is 31.8 Å². The normalized spacial score (nSPS) is 28.5. The van der Waals surface area contributed by atoms with E-state index in [-0.39, 0.29) is 0 Å².